The largest absolute Gasteiger partial charge is 0.489 e. The molecular formula is C26H20F3N5O5S. The van der Waals surface area contributed by atoms with Gasteiger partial charge in [0.25, 0.3) is 5.91 Å². The first-order valence-electron chi connectivity index (χ1n) is 12.1. The molecule has 40 heavy (non-hydrogen) atoms. The molecule has 6 rings (SSSR count). The van der Waals surface area contributed by atoms with Gasteiger partial charge in [-0.15, -0.1) is 0 Å². The normalized spacial score (nSPS) is 17.7. The zero-order chi connectivity index (χ0) is 28.0. The molecule has 0 bridgehead atoms. The van der Waals surface area contributed by atoms with Crippen LogP contribution in [0.1, 0.15) is 22.5 Å². The van der Waals surface area contributed by atoms with Crippen molar-refractivity contribution in [3.8, 4) is 11.5 Å². The number of alkyl halides is 1. The number of nitrogens with one attached hydrogen (secondary N) is 1. The van der Waals surface area contributed by atoms with Gasteiger partial charge in [0, 0.05) is 29.6 Å². The second-order valence-corrected chi connectivity index (χ2v) is 11.1. The van der Waals surface area contributed by atoms with E-state index >= 15 is 0 Å². The second kappa shape index (κ2) is 9.93. The lowest BCUT2D eigenvalue weighted by Crippen LogP contribution is -2.30. The topological polar surface area (TPSA) is 124 Å². The van der Waals surface area contributed by atoms with Crippen molar-refractivity contribution in [1.29, 1.82) is 0 Å². The van der Waals surface area contributed by atoms with Gasteiger partial charge in [-0.3, -0.25) is 9.78 Å². The number of rotatable bonds is 4. The first-order chi connectivity index (χ1) is 19.2. The van der Waals surface area contributed by atoms with Crippen LogP contribution < -0.4 is 19.7 Å². The van der Waals surface area contributed by atoms with E-state index in [1.165, 1.54) is 6.07 Å². The molecule has 2 aliphatic rings. The van der Waals surface area contributed by atoms with E-state index in [9.17, 15) is 26.4 Å². The molecule has 0 spiro atoms. The third-order valence-electron chi connectivity index (χ3n) is 6.46. The average Bonchev–Trinajstić information content (AvgIpc) is 3.06. The van der Waals surface area contributed by atoms with Crippen LogP contribution in [0.4, 0.5) is 24.8 Å². The van der Waals surface area contributed by atoms with Crippen LogP contribution in [0.3, 0.4) is 0 Å². The Bertz CT molecular complexity index is 1770. The lowest BCUT2D eigenvalue weighted by Gasteiger charge is -2.29. The van der Waals surface area contributed by atoms with Gasteiger partial charge in [0.05, 0.1) is 37.1 Å². The molecule has 1 atom stereocenters. The molecule has 1 aromatic carbocycles. The molecule has 0 aliphatic carbocycles. The number of fused-ring (bicyclic) bond motifs is 3. The van der Waals surface area contributed by atoms with Crippen molar-refractivity contribution in [2.75, 3.05) is 24.7 Å². The summed E-state index contributed by atoms with van der Waals surface area (Å²) in [5.41, 5.74) is -1.61. The smallest absolute Gasteiger partial charge is 0.251 e. The number of carbonyl (C=O) groups excluding carboxylic acids is 1. The Morgan fingerprint density at radius 2 is 1.93 bits per heavy atom. The third kappa shape index (κ3) is 4.63. The van der Waals surface area contributed by atoms with Crippen molar-refractivity contribution >= 4 is 38.3 Å². The molecule has 14 heteroatoms. The number of hydrogen-bond acceptors (Lipinski definition) is 9. The van der Waals surface area contributed by atoms with Crippen LogP contribution in [0.15, 0.2) is 53.7 Å². The molecule has 4 aromatic rings. The Morgan fingerprint density at radius 1 is 1.07 bits per heavy atom. The van der Waals surface area contributed by atoms with Crippen LogP contribution >= 0.6 is 0 Å². The predicted molar refractivity (Wildman–Crippen MR) is 136 cm³/mol. The minimum Gasteiger partial charge on any atom is -0.489 e. The monoisotopic (exact) mass is 571 g/mol. The zero-order valence-corrected chi connectivity index (χ0v) is 21.4. The Morgan fingerprint density at radius 3 is 2.77 bits per heavy atom. The first kappa shape index (κ1) is 25.8. The molecule has 0 saturated carbocycles. The Kier molecular flexibility index (Phi) is 6.41. The molecule has 1 amide bonds. The summed E-state index contributed by atoms with van der Waals surface area (Å²) < 4.78 is 78.0. The molecule has 2 aliphatic heterocycles. The van der Waals surface area contributed by atoms with Crippen molar-refractivity contribution in [3.05, 3.63) is 71.7 Å². The fraction of sp³-hybridized carbons (Fsp3) is 0.231. The Balaban J connectivity index is 1.24. The van der Waals surface area contributed by atoms with Crippen LogP contribution in [0.5, 0.6) is 11.5 Å². The SMILES string of the molecule is O=C(NCc1cc2nc(N3CCOc4cc(F)cnc43)ccc2cn1)c1cc(F)c2c(c1)S(=O)(=O)[C@@H](F)CCO2. The number of aromatic nitrogens is 3. The van der Waals surface area contributed by atoms with Crippen molar-refractivity contribution in [2.24, 2.45) is 0 Å². The molecule has 3 aromatic heterocycles. The third-order valence-corrected chi connectivity index (χ3v) is 8.28. The zero-order valence-electron chi connectivity index (χ0n) is 20.6. The molecule has 0 saturated heterocycles. The van der Waals surface area contributed by atoms with E-state index in [1.807, 2.05) is 6.07 Å². The van der Waals surface area contributed by atoms with Crippen molar-refractivity contribution in [3.63, 3.8) is 0 Å². The summed E-state index contributed by atoms with van der Waals surface area (Å²) in [6.45, 7) is 0.357. The fourth-order valence-corrected chi connectivity index (χ4v) is 5.85. The van der Waals surface area contributed by atoms with Crippen LogP contribution in [0.25, 0.3) is 10.9 Å². The van der Waals surface area contributed by atoms with Gasteiger partial charge < -0.3 is 19.7 Å². The predicted octanol–water partition coefficient (Wildman–Crippen LogP) is 3.62. The summed E-state index contributed by atoms with van der Waals surface area (Å²) in [5, 5.41) is 3.29. The number of halogens is 3. The number of carbonyl (C=O) groups is 1. The summed E-state index contributed by atoms with van der Waals surface area (Å²) in [6, 6.07) is 8.24. The number of amides is 1. The van der Waals surface area contributed by atoms with Crippen molar-refractivity contribution in [2.45, 2.75) is 23.4 Å². The van der Waals surface area contributed by atoms with Gasteiger partial charge in [-0.05, 0) is 30.3 Å². The maximum absolute atomic E-state index is 14.6. The number of hydrogen-bond donors (Lipinski definition) is 1. The van der Waals surface area contributed by atoms with Gasteiger partial charge in [-0.1, -0.05) is 0 Å². The molecular weight excluding hydrogens is 551 g/mol. The second-order valence-electron chi connectivity index (χ2n) is 9.07. The number of pyridine rings is 3. The van der Waals surface area contributed by atoms with E-state index in [-0.39, 0.29) is 18.7 Å². The minimum atomic E-state index is -4.53. The number of anilines is 2. The van der Waals surface area contributed by atoms with E-state index in [2.05, 4.69) is 20.3 Å². The highest BCUT2D eigenvalue weighted by Crippen LogP contribution is 2.36. The van der Waals surface area contributed by atoms with Crippen molar-refractivity contribution < 1.29 is 35.9 Å². The highest BCUT2D eigenvalue weighted by Gasteiger charge is 2.35. The van der Waals surface area contributed by atoms with Gasteiger partial charge in [0.2, 0.25) is 15.3 Å². The molecule has 206 valence electrons. The number of sulfone groups is 1. The first-order valence-corrected chi connectivity index (χ1v) is 13.7. The van der Waals surface area contributed by atoms with Crippen LogP contribution in [0.2, 0.25) is 0 Å². The van der Waals surface area contributed by atoms with Crippen LogP contribution in [0, 0.1) is 11.6 Å². The quantitative estimate of drug-likeness (QED) is 0.391. The van der Waals surface area contributed by atoms with Crippen LogP contribution in [-0.4, -0.2) is 54.5 Å². The van der Waals surface area contributed by atoms with E-state index in [4.69, 9.17) is 9.47 Å². The van der Waals surface area contributed by atoms with E-state index in [1.54, 1.807) is 23.2 Å². The molecule has 0 fully saturated rings. The van der Waals surface area contributed by atoms with Gasteiger partial charge in [0.1, 0.15) is 23.1 Å². The molecule has 1 N–H and O–H groups in total. The van der Waals surface area contributed by atoms with Gasteiger partial charge >= 0.3 is 0 Å². The fourth-order valence-electron chi connectivity index (χ4n) is 4.46. The highest BCUT2D eigenvalue weighted by atomic mass is 32.2. The van der Waals surface area contributed by atoms with Gasteiger partial charge in [-0.2, -0.15) is 0 Å². The average molecular weight is 572 g/mol. The van der Waals surface area contributed by atoms with Crippen molar-refractivity contribution in [1.82, 2.24) is 20.3 Å². The maximum Gasteiger partial charge on any atom is 0.251 e. The maximum atomic E-state index is 14.6. The molecule has 0 unspecified atom stereocenters. The van der Waals surface area contributed by atoms with Gasteiger partial charge in [-0.25, -0.2) is 31.6 Å². The lowest BCUT2D eigenvalue weighted by atomic mass is 10.2. The van der Waals surface area contributed by atoms with Gasteiger partial charge in [0.15, 0.2) is 23.1 Å². The number of ether oxygens (including phenoxy) is 2. The Hall–Kier alpha value is -4.46. The summed E-state index contributed by atoms with van der Waals surface area (Å²) in [5.74, 6) is -1.70. The highest BCUT2D eigenvalue weighted by molar-refractivity contribution is 7.92. The van der Waals surface area contributed by atoms with Crippen LogP contribution in [-0.2, 0) is 16.4 Å². The summed E-state index contributed by atoms with van der Waals surface area (Å²) >= 11 is 0. The summed E-state index contributed by atoms with van der Waals surface area (Å²) in [4.78, 5) is 27.0. The molecule has 5 heterocycles. The molecule has 10 nitrogen and oxygen atoms in total. The van der Waals surface area contributed by atoms with E-state index in [0.717, 1.165) is 23.7 Å². The summed E-state index contributed by atoms with van der Waals surface area (Å²) in [6.07, 6.45) is 2.22. The standard InChI is InChI=1S/C26H20F3N5O5S/c27-16-9-20-25(31-12-16)34(4-6-38-20)23-2-1-14-11-30-17(10-19(14)33-23)13-32-26(35)15-7-18(28)24-21(8-15)40(36,37)22(29)3-5-39-24/h1-2,7-12,22H,3-6,13H2,(H,32,35)/t22-/m1/s1. The number of nitrogens with zero attached hydrogens (tertiary/aromatic N) is 4. The molecule has 0 radical (unpaired) electrons. The van der Waals surface area contributed by atoms with E-state index in [0.29, 0.717) is 41.7 Å². The summed E-state index contributed by atoms with van der Waals surface area (Å²) in [7, 11) is -4.53. The Labute approximate surface area is 225 Å². The number of benzene rings is 1. The van der Waals surface area contributed by atoms with E-state index < -0.39 is 49.9 Å². The lowest BCUT2D eigenvalue weighted by molar-refractivity contribution is 0.0949. The minimum absolute atomic E-state index is 0.0877.